The van der Waals surface area contributed by atoms with Gasteiger partial charge >= 0.3 is 0 Å². The van der Waals surface area contributed by atoms with E-state index in [4.69, 9.17) is 14.9 Å². The number of aliphatic hydroxyl groups is 2. The van der Waals surface area contributed by atoms with E-state index >= 15 is 0 Å². The predicted octanol–water partition coefficient (Wildman–Crippen LogP) is 1.57. The van der Waals surface area contributed by atoms with E-state index in [2.05, 4.69) is 13.8 Å². The Morgan fingerprint density at radius 2 is 1.23 bits per heavy atom. The summed E-state index contributed by atoms with van der Waals surface area (Å²) in [4.78, 5) is 0. The lowest BCUT2D eigenvalue weighted by Crippen LogP contribution is -1.95. The van der Waals surface area contributed by atoms with E-state index in [0.29, 0.717) is 0 Å². The Morgan fingerprint density at radius 3 is 1.46 bits per heavy atom. The third-order valence-corrected chi connectivity index (χ3v) is 1.38. The lowest BCUT2D eigenvalue weighted by atomic mass is 10.3. The lowest BCUT2D eigenvalue weighted by Gasteiger charge is -1.99. The Labute approximate surface area is 81.7 Å². The van der Waals surface area contributed by atoms with Crippen LogP contribution in [0.1, 0.15) is 39.5 Å². The van der Waals surface area contributed by atoms with Crippen LogP contribution >= 0.6 is 0 Å². The molecule has 3 heteroatoms. The topological polar surface area (TPSA) is 49.7 Å². The molecule has 0 aromatic rings. The van der Waals surface area contributed by atoms with Gasteiger partial charge in [-0.15, -0.1) is 0 Å². The molecule has 0 rings (SSSR count). The number of hydrogen-bond acceptors (Lipinski definition) is 3. The summed E-state index contributed by atoms with van der Waals surface area (Å²) in [5.74, 6) is 0. The second kappa shape index (κ2) is 17.8. The van der Waals surface area contributed by atoms with Crippen molar-refractivity contribution in [3.8, 4) is 0 Å². The quantitative estimate of drug-likeness (QED) is 0.602. The molecule has 3 nitrogen and oxygen atoms in total. The molecular formula is C10H24O3. The van der Waals surface area contributed by atoms with Crippen LogP contribution in [0.15, 0.2) is 0 Å². The van der Waals surface area contributed by atoms with Crippen molar-refractivity contribution in [1.29, 1.82) is 0 Å². The van der Waals surface area contributed by atoms with E-state index in [1.165, 1.54) is 25.7 Å². The second-order valence-electron chi connectivity index (χ2n) is 2.77. The van der Waals surface area contributed by atoms with Crippen LogP contribution in [0.25, 0.3) is 0 Å². The van der Waals surface area contributed by atoms with E-state index in [1.807, 2.05) is 0 Å². The summed E-state index contributed by atoms with van der Waals surface area (Å²) in [6.07, 6.45) is 4.91. The average molecular weight is 192 g/mol. The van der Waals surface area contributed by atoms with Gasteiger partial charge in [-0.05, 0) is 12.8 Å². The smallest absolute Gasteiger partial charge is 0.0662 e. The molecule has 13 heavy (non-hydrogen) atoms. The summed E-state index contributed by atoms with van der Waals surface area (Å²) >= 11 is 0. The minimum atomic E-state index is -0.125. The molecule has 0 aliphatic heterocycles. The van der Waals surface area contributed by atoms with E-state index in [1.54, 1.807) is 0 Å². The van der Waals surface area contributed by atoms with E-state index < -0.39 is 0 Å². The summed E-state index contributed by atoms with van der Waals surface area (Å²) in [6.45, 7) is 6.03. The second-order valence-corrected chi connectivity index (χ2v) is 2.77. The Bertz CT molecular complexity index is 59.2. The molecule has 0 aliphatic rings. The summed E-state index contributed by atoms with van der Waals surface area (Å²) in [5.41, 5.74) is 0. The fraction of sp³-hybridized carbons (Fsp3) is 1.00. The molecule has 82 valence electrons. The van der Waals surface area contributed by atoms with E-state index in [0.717, 1.165) is 13.2 Å². The van der Waals surface area contributed by atoms with Crippen molar-refractivity contribution in [2.75, 3.05) is 26.4 Å². The number of aliphatic hydroxyl groups excluding tert-OH is 2. The van der Waals surface area contributed by atoms with Crippen molar-refractivity contribution in [2.45, 2.75) is 39.5 Å². The molecule has 0 aromatic heterocycles. The minimum Gasteiger partial charge on any atom is -0.394 e. The van der Waals surface area contributed by atoms with Crippen LogP contribution in [-0.2, 0) is 4.74 Å². The van der Waals surface area contributed by atoms with Crippen LogP contribution in [0, 0.1) is 0 Å². The SMILES string of the molecule is CCCCOCCCC.OCCO. The van der Waals surface area contributed by atoms with Gasteiger partial charge in [0, 0.05) is 13.2 Å². The van der Waals surface area contributed by atoms with Crippen LogP contribution in [0.5, 0.6) is 0 Å². The Kier molecular flexibility index (Phi) is 21.1. The zero-order valence-electron chi connectivity index (χ0n) is 8.96. The maximum absolute atomic E-state index is 7.62. The highest BCUT2D eigenvalue weighted by molar-refractivity contribution is 4.33. The molecule has 0 radical (unpaired) electrons. The summed E-state index contributed by atoms with van der Waals surface area (Å²) < 4.78 is 5.31. The highest BCUT2D eigenvalue weighted by Gasteiger charge is 1.84. The van der Waals surface area contributed by atoms with Gasteiger partial charge in [0.15, 0.2) is 0 Å². The Hall–Kier alpha value is -0.120. The highest BCUT2D eigenvalue weighted by Crippen LogP contribution is 1.91. The molecule has 0 heterocycles. The Balaban J connectivity index is 0. The molecular weight excluding hydrogens is 168 g/mol. The van der Waals surface area contributed by atoms with E-state index in [-0.39, 0.29) is 13.2 Å². The minimum absolute atomic E-state index is 0.125. The molecule has 0 saturated heterocycles. The fourth-order valence-electron chi connectivity index (χ4n) is 0.595. The third-order valence-electron chi connectivity index (χ3n) is 1.38. The molecule has 0 atom stereocenters. The van der Waals surface area contributed by atoms with Crippen molar-refractivity contribution in [3.05, 3.63) is 0 Å². The maximum atomic E-state index is 7.62. The molecule has 0 fully saturated rings. The molecule has 0 aromatic carbocycles. The number of hydrogen-bond donors (Lipinski definition) is 2. The highest BCUT2D eigenvalue weighted by atomic mass is 16.5. The number of rotatable bonds is 7. The summed E-state index contributed by atoms with van der Waals surface area (Å²) in [5, 5.41) is 15.2. The van der Waals surface area contributed by atoms with Gasteiger partial charge in [0.25, 0.3) is 0 Å². The third kappa shape index (κ3) is 24.5. The standard InChI is InChI=1S/C8H18O.C2H6O2/c1-3-5-7-9-8-6-4-2;3-1-2-4/h3-8H2,1-2H3;3-4H,1-2H2. The van der Waals surface area contributed by atoms with Crippen molar-refractivity contribution >= 4 is 0 Å². The molecule has 0 spiro atoms. The summed E-state index contributed by atoms with van der Waals surface area (Å²) in [7, 11) is 0. The molecule has 0 bridgehead atoms. The first-order valence-electron chi connectivity index (χ1n) is 5.12. The van der Waals surface area contributed by atoms with Crippen molar-refractivity contribution in [1.82, 2.24) is 0 Å². The Morgan fingerprint density at radius 1 is 0.846 bits per heavy atom. The van der Waals surface area contributed by atoms with Gasteiger partial charge in [-0.25, -0.2) is 0 Å². The van der Waals surface area contributed by atoms with Crippen LogP contribution < -0.4 is 0 Å². The summed E-state index contributed by atoms with van der Waals surface area (Å²) in [6, 6.07) is 0. The maximum Gasteiger partial charge on any atom is 0.0662 e. The van der Waals surface area contributed by atoms with Gasteiger partial charge in [-0.2, -0.15) is 0 Å². The van der Waals surface area contributed by atoms with Crippen LogP contribution in [-0.4, -0.2) is 36.6 Å². The van der Waals surface area contributed by atoms with Crippen LogP contribution in [0.3, 0.4) is 0 Å². The zero-order valence-corrected chi connectivity index (χ0v) is 8.96. The largest absolute Gasteiger partial charge is 0.394 e. The van der Waals surface area contributed by atoms with Gasteiger partial charge in [0.05, 0.1) is 13.2 Å². The first-order chi connectivity index (χ1) is 6.33. The predicted molar refractivity (Wildman–Crippen MR) is 54.8 cm³/mol. The molecule has 0 unspecified atom stereocenters. The van der Waals surface area contributed by atoms with Gasteiger partial charge in [-0.3, -0.25) is 0 Å². The van der Waals surface area contributed by atoms with Gasteiger partial charge in [0.2, 0.25) is 0 Å². The molecule has 0 amide bonds. The normalized spacial score (nSPS) is 9.23. The van der Waals surface area contributed by atoms with Crippen molar-refractivity contribution in [2.24, 2.45) is 0 Å². The monoisotopic (exact) mass is 192 g/mol. The molecule has 0 saturated carbocycles. The van der Waals surface area contributed by atoms with E-state index in [9.17, 15) is 0 Å². The molecule has 0 aliphatic carbocycles. The van der Waals surface area contributed by atoms with Crippen LogP contribution in [0.4, 0.5) is 0 Å². The van der Waals surface area contributed by atoms with Crippen LogP contribution in [0.2, 0.25) is 0 Å². The van der Waals surface area contributed by atoms with Crippen molar-refractivity contribution in [3.63, 3.8) is 0 Å². The van der Waals surface area contributed by atoms with Gasteiger partial charge in [0.1, 0.15) is 0 Å². The fourth-order valence-corrected chi connectivity index (χ4v) is 0.595. The zero-order chi connectivity index (χ0) is 10.4. The average Bonchev–Trinajstić information content (AvgIpc) is 2.18. The number of ether oxygens (including phenoxy) is 1. The molecule has 2 N–H and O–H groups in total. The first kappa shape index (κ1) is 15.4. The van der Waals surface area contributed by atoms with Gasteiger partial charge in [-0.1, -0.05) is 26.7 Å². The first-order valence-corrected chi connectivity index (χ1v) is 5.12. The lowest BCUT2D eigenvalue weighted by molar-refractivity contribution is 0.128. The van der Waals surface area contributed by atoms with Gasteiger partial charge < -0.3 is 14.9 Å². The van der Waals surface area contributed by atoms with Crippen molar-refractivity contribution < 1.29 is 14.9 Å². The number of unbranched alkanes of at least 4 members (excludes halogenated alkanes) is 2.